The van der Waals surface area contributed by atoms with E-state index >= 15 is 0 Å². The van der Waals surface area contributed by atoms with Crippen LogP contribution < -0.4 is 9.47 Å². The van der Waals surface area contributed by atoms with Gasteiger partial charge in [0, 0.05) is 6.04 Å². The quantitative estimate of drug-likeness (QED) is 0.883. The van der Waals surface area contributed by atoms with Gasteiger partial charge in [0.25, 0.3) is 0 Å². The van der Waals surface area contributed by atoms with E-state index in [0.29, 0.717) is 6.42 Å². The Morgan fingerprint density at radius 2 is 2.05 bits per heavy atom. The number of fused-ring (bicyclic) bond motifs is 1. The summed E-state index contributed by atoms with van der Waals surface area (Å²) in [4.78, 5) is 13.0. The molecule has 0 fully saturated rings. The smallest absolute Gasteiger partial charge is 0.306 e. The molecule has 1 aliphatic heterocycles. The van der Waals surface area contributed by atoms with E-state index in [-0.39, 0.29) is 12.8 Å². The van der Waals surface area contributed by atoms with Crippen LogP contribution in [0.3, 0.4) is 0 Å². The number of rotatable bonds is 5. The van der Waals surface area contributed by atoms with Crippen LogP contribution in [0.2, 0.25) is 0 Å². The molecule has 19 heavy (non-hydrogen) atoms. The van der Waals surface area contributed by atoms with Crippen molar-refractivity contribution in [2.45, 2.75) is 19.4 Å². The van der Waals surface area contributed by atoms with Crippen LogP contribution >= 0.6 is 0 Å². The molecule has 1 aromatic carbocycles. The van der Waals surface area contributed by atoms with Crippen LogP contribution in [0, 0.1) is 5.92 Å². The molecule has 2 unspecified atom stereocenters. The number of ether oxygens (including phenoxy) is 2. The number of carbonyl (C=O) groups is 1. The van der Waals surface area contributed by atoms with E-state index in [2.05, 4.69) is 0 Å². The second-order valence-corrected chi connectivity index (χ2v) is 5.07. The fourth-order valence-electron chi connectivity index (χ4n) is 2.20. The van der Waals surface area contributed by atoms with Crippen molar-refractivity contribution in [1.82, 2.24) is 4.90 Å². The van der Waals surface area contributed by atoms with Gasteiger partial charge >= 0.3 is 5.97 Å². The molecule has 0 spiro atoms. The molecule has 1 heterocycles. The molecule has 0 amide bonds. The summed E-state index contributed by atoms with van der Waals surface area (Å²) < 4.78 is 10.6. The van der Waals surface area contributed by atoms with E-state index < -0.39 is 11.9 Å². The van der Waals surface area contributed by atoms with Crippen LogP contribution in [0.25, 0.3) is 0 Å². The molecule has 0 radical (unpaired) electrons. The third-order valence-electron chi connectivity index (χ3n) is 3.40. The zero-order valence-electron chi connectivity index (χ0n) is 11.4. The van der Waals surface area contributed by atoms with Crippen molar-refractivity contribution in [3.63, 3.8) is 0 Å². The highest BCUT2D eigenvalue weighted by Crippen LogP contribution is 2.36. The summed E-state index contributed by atoms with van der Waals surface area (Å²) >= 11 is 0. The van der Waals surface area contributed by atoms with Crippen LogP contribution in [0.1, 0.15) is 24.9 Å². The highest BCUT2D eigenvalue weighted by atomic mass is 16.7. The Morgan fingerprint density at radius 1 is 1.37 bits per heavy atom. The van der Waals surface area contributed by atoms with Gasteiger partial charge in [-0.25, -0.2) is 0 Å². The lowest BCUT2D eigenvalue weighted by Gasteiger charge is -2.26. The molecule has 0 bridgehead atoms. The minimum atomic E-state index is -0.771. The van der Waals surface area contributed by atoms with Crippen LogP contribution in [0.4, 0.5) is 0 Å². The normalized spacial score (nSPS) is 16.4. The summed E-state index contributed by atoms with van der Waals surface area (Å²) in [5, 5.41) is 9.05. The first-order valence-corrected chi connectivity index (χ1v) is 6.28. The van der Waals surface area contributed by atoms with Crippen molar-refractivity contribution in [3.8, 4) is 11.5 Å². The largest absolute Gasteiger partial charge is 0.481 e. The molecular formula is C14H19NO4. The van der Waals surface area contributed by atoms with Gasteiger partial charge in [0.05, 0.1) is 5.92 Å². The standard InChI is InChI=1S/C14H19NO4/c1-9(14(16)17)6-11(15(2)3)10-4-5-12-13(7-10)19-8-18-12/h4-5,7,9,11H,6,8H2,1-3H3,(H,16,17). The van der Waals surface area contributed by atoms with Gasteiger partial charge in [0.2, 0.25) is 6.79 Å². The molecule has 0 aromatic heterocycles. The maximum atomic E-state index is 11.0. The van der Waals surface area contributed by atoms with Crippen molar-refractivity contribution in [3.05, 3.63) is 23.8 Å². The average molecular weight is 265 g/mol. The first-order valence-electron chi connectivity index (χ1n) is 6.28. The number of carboxylic acid groups (broad SMARTS) is 1. The van der Waals surface area contributed by atoms with Crippen molar-refractivity contribution >= 4 is 5.97 Å². The topological polar surface area (TPSA) is 59.0 Å². The van der Waals surface area contributed by atoms with Crippen LogP contribution in [-0.2, 0) is 4.79 Å². The Kier molecular flexibility index (Phi) is 3.95. The zero-order chi connectivity index (χ0) is 14.0. The van der Waals surface area contributed by atoms with Crippen LogP contribution in [0.5, 0.6) is 11.5 Å². The number of hydrogen-bond acceptors (Lipinski definition) is 4. The molecule has 0 saturated carbocycles. The summed E-state index contributed by atoms with van der Waals surface area (Å²) in [6.07, 6.45) is 0.558. The first-order chi connectivity index (χ1) is 8.99. The summed E-state index contributed by atoms with van der Waals surface area (Å²) in [6.45, 7) is 1.97. The zero-order valence-corrected chi connectivity index (χ0v) is 11.4. The molecule has 5 nitrogen and oxygen atoms in total. The lowest BCUT2D eigenvalue weighted by molar-refractivity contribution is -0.141. The second kappa shape index (κ2) is 5.48. The Morgan fingerprint density at radius 3 is 2.68 bits per heavy atom. The Balaban J connectivity index is 2.21. The third kappa shape index (κ3) is 2.98. The van der Waals surface area contributed by atoms with Gasteiger partial charge in [-0.1, -0.05) is 13.0 Å². The molecule has 1 aromatic rings. The van der Waals surface area contributed by atoms with Gasteiger partial charge in [-0.3, -0.25) is 4.79 Å². The Bertz CT molecular complexity index is 473. The molecule has 2 atom stereocenters. The average Bonchev–Trinajstić information content (AvgIpc) is 2.81. The number of carboxylic acids is 1. The highest BCUT2D eigenvalue weighted by molar-refractivity contribution is 5.69. The third-order valence-corrected chi connectivity index (χ3v) is 3.40. The summed E-state index contributed by atoms with van der Waals surface area (Å²) in [5.74, 6) is 0.310. The lowest BCUT2D eigenvalue weighted by Crippen LogP contribution is -2.24. The van der Waals surface area contributed by atoms with E-state index in [9.17, 15) is 4.79 Å². The van der Waals surface area contributed by atoms with E-state index in [4.69, 9.17) is 14.6 Å². The molecule has 0 saturated heterocycles. The molecule has 1 aliphatic rings. The van der Waals surface area contributed by atoms with Crippen molar-refractivity contribution in [2.75, 3.05) is 20.9 Å². The predicted molar refractivity (Wildman–Crippen MR) is 70.4 cm³/mol. The van der Waals surface area contributed by atoms with Crippen molar-refractivity contribution in [2.24, 2.45) is 5.92 Å². The molecule has 104 valence electrons. The maximum Gasteiger partial charge on any atom is 0.306 e. The maximum absolute atomic E-state index is 11.0. The minimum absolute atomic E-state index is 0.0422. The first kappa shape index (κ1) is 13.7. The van der Waals surface area contributed by atoms with Gasteiger partial charge < -0.3 is 19.5 Å². The van der Waals surface area contributed by atoms with E-state index in [0.717, 1.165) is 17.1 Å². The summed E-state index contributed by atoms with van der Waals surface area (Å²) in [5.41, 5.74) is 1.04. The highest BCUT2D eigenvalue weighted by Gasteiger charge is 2.23. The number of hydrogen-bond donors (Lipinski definition) is 1. The van der Waals surface area contributed by atoms with Gasteiger partial charge in [-0.05, 0) is 38.2 Å². The van der Waals surface area contributed by atoms with Gasteiger partial charge in [-0.15, -0.1) is 0 Å². The SMILES string of the molecule is CC(CC(c1ccc2c(c1)OCO2)N(C)C)C(=O)O. The lowest BCUT2D eigenvalue weighted by atomic mass is 9.95. The van der Waals surface area contributed by atoms with Gasteiger partial charge in [0.15, 0.2) is 11.5 Å². The Labute approximate surface area is 112 Å². The summed E-state index contributed by atoms with van der Waals surface area (Å²) in [6, 6.07) is 5.81. The molecule has 1 N–H and O–H groups in total. The molecule has 2 rings (SSSR count). The molecule has 5 heteroatoms. The van der Waals surface area contributed by atoms with Gasteiger partial charge in [0.1, 0.15) is 0 Å². The second-order valence-electron chi connectivity index (χ2n) is 5.07. The minimum Gasteiger partial charge on any atom is -0.481 e. The van der Waals surface area contributed by atoms with Gasteiger partial charge in [-0.2, -0.15) is 0 Å². The predicted octanol–water partition coefficient (Wildman–Crippen LogP) is 2.13. The van der Waals surface area contributed by atoms with E-state index in [1.54, 1.807) is 6.92 Å². The monoisotopic (exact) mass is 265 g/mol. The molecular weight excluding hydrogens is 246 g/mol. The van der Waals surface area contributed by atoms with Crippen molar-refractivity contribution in [1.29, 1.82) is 0 Å². The number of benzene rings is 1. The van der Waals surface area contributed by atoms with Crippen LogP contribution in [0.15, 0.2) is 18.2 Å². The fourth-order valence-corrected chi connectivity index (χ4v) is 2.20. The number of nitrogens with zero attached hydrogens (tertiary/aromatic N) is 1. The molecule has 0 aliphatic carbocycles. The fraction of sp³-hybridized carbons (Fsp3) is 0.500. The summed E-state index contributed by atoms with van der Waals surface area (Å²) in [7, 11) is 3.90. The Hall–Kier alpha value is -1.75. The van der Waals surface area contributed by atoms with Crippen molar-refractivity contribution < 1.29 is 19.4 Å². The van der Waals surface area contributed by atoms with E-state index in [1.807, 2.05) is 37.2 Å². The van der Waals surface area contributed by atoms with E-state index in [1.165, 1.54) is 0 Å². The number of aliphatic carboxylic acids is 1. The van der Waals surface area contributed by atoms with Crippen LogP contribution in [-0.4, -0.2) is 36.9 Å².